The maximum absolute atomic E-state index is 13.6. The molecule has 1 aromatic carbocycles. The second-order valence-corrected chi connectivity index (χ2v) is 10.5. The van der Waals surface area contributed by atoms with Gasteiger partial charge in [0.05, 0.1) is 12.7 Å². The van der Waals surface area contributed by atoms with Gasteiger partial charge in [-0.25, -0.2) is 0 Å². The van der Waals surface area contributed by atoms with Crippen molar-refractivity contribution >= 4 is 11.6 Å². The Bertz CT molecular complexity index is 916. The van der Waals surface area contributed by atoms with Gasteiger partial charge >= 0.3 is 0 Å². The van der Waals surface area contributed by atoms with E-state index in [1.807, 2.05) is 30.3 Å². The molecule has 0 N–H and O–H groups in total. The minimum atomic E-state index is -0.254. The van der Waals surface area contributed by atoms with E-state index in [4.69, 9.17) is 9.47 Å². The van der Waals surface area contributed by atoms with Crippen molar-refractivity contribution in [3.05, 3.63) is 48.0 Å². The normalized spacial score (nSPS) is 55.8. The highest BCUT2D eigenvalue weighted by Gasteiger charge is 2.85. The summed E-state index contributed by atoms with van der Waals surface area (Å²) in [6.07, 6.45) is 4.37. The molecule has 1 aromatic rings. The van der Waals surface area contributed by atoms with E-state index < -0.39 is 0 Å². The molecular weight excluding hydrogens is 364 g/mol. The number of benzene rings is 1. The fourth-order valence-corrected chi connectivity index (χ4v) is 9.86. The highest BCUT2D eigenvalue weighted by Crippen LogP contribution is 2.82. The third kappa shape index (κ3) is 1.59. The zero-order valence-corrected chi connectivity index (χ0v) is 16.1. The molecule has 4 heteroatoms. The van der Waals surface area contributed by atoms with Crippen molar-refractivity contribution in [2.75, 3.05) is 6.79 Å². The molecule has 0 heterocycles. The summed E-state index contributed by atoms with van der Waals surface area (Å²) < 4.78 is 12.0. The minimum Gasteiger partial charge on any atom is -0.351 e. The predicted octanol–water partition coefficient (Wildman–Crippen LogP) is 2.73. The quantitative estimate of drug-likeness (QED) is 0.442. The molecule has 29 heavy (non-hydrogen) atoms. The largest absolute Gasteiger partial charge is 0.351 e. The van der Waals surface area contributed by atoms with Crippen LogP contribution in [0.5, 0.6) is 0 Å². The van der Waals surface area contributed by atoms with E-state index in [0.29, 0.717) is 65.5 Å². The summed E-state index contributed by atoms with van der Waals surface area (Å²) >= 11 is 0. The topological polar surface area (TPSA) is 52.6 Å². The molecule has 3 unspecified atom stereocenters. The molecule has 0 radical (unpaired) electrons. The average Bonchev–Trinajstić information content (AvgIpc) is 3.51. The lowest BCUT2D eigenvalue weighted by molar-refractivity contribution is -0.149. The zero-order chi connectivity index (χ0) is 19.0. The van der Waals surface area contributed by atoms with Crippen molar-refractivity contribution < 1.29 is 19.1 Å². The van der Waals surface area contributed by atoms with Crippen LogP contribution in [0.15, 0.2) is 42.5 Å². The van der Waals surface area contributed by atoms with Crippen LogP contribution < -0.4 is 0 Å². The van der Waals surface area contributed by atoms with Gasteiger partial charge in [-0.2, -0.15) is 0 Å². The number of allylic oxidation sites excluding steroid dienone is 2. The van der Waals surface area contributed by atoms with Crippen LogP contribution in [0.1, 0.15) is 5.56 Å². The van der Waals surface area contributed by atoms with Crippen molar-refractivity contribution in [2.24, 2.45) is 71.0 Å². The Kier molecular flexibility index (Phi) is 2.81. The molecule has 7 aliphatic rings. The second-order valence-electron chi connectivity index (χ2n) is 10.5. The number of carbonyl (C=O) groups is 2. The number of fused-ring (bicyclic) bond motifs is 2. The number of ketones is 2. The molecule has 4 nitrogen and oxygen atoms in total. The van der Waals surface area contributed by atoms with Crippen molar-refractivity contribution in [3.63, 3.8) is 0 Å². The van der Waals surface area contributed by atoms with Crippen LogP contribution >= 0.6 is 0 Å². The molecule has 13 atom stereocenters. The fraction of sp³-hybridized carbons (Fsp3) is 0.600. The Balaban J connectivity index is 1.11. The summed E-state index contributed by atoms with van der Waals surface area (Å²) in [5.41, 5.74) is 1.11. The Morgan fingerprint density at radius 1 is 0.690 bits per heavy atom. The van der Waals surface area contributed by atoms with Crippen LogP contribution in [-0.2, 0) is 25.7 Å². The Morgan fingerprint density at radius 3 is 1.90 bits per heavy atom. The Labute approximate surface area is 169 Å². The van der Waals surface area contributed by atoms with Gasteiger partial charge < -0.3 is 9.47 Å². The van der Waals surface area contributed by atoms with E-state index >= 15 is 0 Å². The van der Waals surface area contributed by atoms with Crippen LogP contribution in [0.25, 0.3) is 0 Å². The smallest absolute Gasteiger partial charge is 0.147 e. The number of carbonyl (C=O) groups excluding carboxylic acids is 2. The van der Waals surface area contributed by atoms with E-state index in [0.717, 1.165) is 5.56 Å². The molecule has 0 aliphatic heterocycles. The molecule has 0 amide bonds. The van der Waals surface area contributed by atoms with Crippen LogP contribution in [0.2, 0.25) is 0 Å². The minimum absolute atomic E-state index is 0.0655. The van der Waals surface area contributed by atoms with Gasteiger partial charge in [0.2, 0.25) is 0 Å². The second kappa shape index (κ2) is 5.09. The summed E-state index contributed by atoms with van der Waals surface area (Å²) in [6, 6.07) is 10.0. The predicted molar refractivity (Wildman–Crippen MR) is 102 cm³/mol. The molecule has 0 aromatic heterocycles. The first kappa shape index (κ1) is 16.0. The van der Waals surface area contributed by atoms with Crippen LogP contribution in [-0.4, -0.2) is 24.5 Å². The molecule has 8 rings (SSSR count). The molecule has 148 valence electrons. The van der Waals surface area contributed by atoms with Crippen molar-refractivity contribution in [3.8, 4) is 0 Å². The van der Waals surface area contributed by atoms with Gasteiger partial charge in [-0.1, -0.05) is 42.5 Å². The van der Waals surface area contributed by atoms with Crippen molar-refractivity contribution in [1.29, 1.82) is 0 Å². The third-order valence-corrected chi connectivity index (χ3v) is 10.1. The first-order valence-corrected chi connectivity index (χ1v) is 11.3. The molecule has 0 bridgehead atoms. The first-order valence-electron chi connectivity index (χ1n) is 11.3. The standard InChI is InChI=1S/C25H24O4/c26-23-14-11-6-7-12-13(11)16-17(14)19-20-18(16)15(12)24(27)22(20)25(21(19)23)29-9-28-8-10-4-2-1-3-5-10/h1-7,11-22,25H,8-9H2/t11-,12-,13?,14-,15+,16?,17-,18-,19+,20-,21+,22+,25?/m0/s1. The van der Waals surface area contributed by atoms with Gasteiger partial charge in [-0.05, 0) is 52.9 Å². The van der Waals surface area contributed by atoms with E-state index in [-0.39, 0.29) is 36.6 Å². The summed E-state index contributed by atoms with van der Waals surface area (Å²) in [4.78, 5) is 27.1. The maximum atomic E-state index is 13.6. The molecule has 6 fully saturated rings. The highest BCUT2D eigenvalue weighted by atomic mass is 16.7. The zero-order valence-electron chi connectivity index (χ0n) is 16.1. The van der Waals surface area contributed by atoms with Crippen molar-refractivity contribution in [2.45, 2.75) is 12.7 Å². The lowest BCUT2D eigenvalue weighted by Crippen LogP contribution is -2.39. The summed E-state index contributed by atoms with van der Waals surface area (Å²) in [6.45, 7) is 0.653. The monoisotopic (exact) mass is 388 g/mol. The lowest BCUT2D eigenvalue weighted by atomic mass is 9.78. The number of hydrogen-bond donors (Lipinski definition) is 0. The molecule has 0 spiro atoms. The van der Waals surface area contributed by atoms with Gasteiger partial charge in [-0.3, -0.25) is 9.59 Å². The van der Waals surface area contributed by atoms with Crippen LogP contribution in [0, 0.1) is 71.0 Å². The van der Waals surface area contributed by atoms with Gasteiger partial charge in [0.15, 0.2) is 0 Å². The number of Topliss-reactive ketones (excluding diaryl/α,β-unsaturated/α-hetero) is 2. The Hall–Kier alpha value is -1.78. The van der Waals surface area contributed by atoms with E-state index in [1.54, 1.807) is 0 Å². The summed E-state index contributed by atoms with van der Waals surface area (Å²) in [5, 5.41) is 0. The van der Waals surface area contributed by atoms with Gasteiger partial charge in [-0.15, -0.1) is 0 Å². The summed E-state index contributed by atoms with van der Waals surface area (Å²) in [5.74, 6) is 5.01. The fourth-order valence-electron chi connectivity index (χ4n) is 9.86. The maximum Gasteiger partial charge on any atom is 0.147 e. The van der Waals surface area contributed by atoms with Crippen LogP contribution in [0.4, 0.5) is 0 Å². The number of rotatable bonds is 5. The van der Waals surface area contributed by atoms with E-state index in [9.17, 15) is 9.59 Å². The SMILES string of the molecule is O=C1[C@@H]2[C@H]3C4C5[C@@H]2C=C[C@@H]5[C@H]2C(=O)[C@@H]5C(OCOCc6ccccc6)[C@@H]1[C@H]3[C@@H]5[C@H]42. The average molecular weight is 388 g/mol. The third-order valence-electron chi connectivity index (χ3n) is 10.1. The molecule has 6 saturated carbocycles. The number of ether oxygens (including phenoxy) is 2. The van der Waals surface area contributed by atoms with E-state index in [1.165, 1.54) is 0 Å². The van der Waals surface area contributed by atoms with Gasteiger partial charge in [0.1, 0.15) is 18.4 Å². The van der Waals surface area contributed by atoms with Gasteiger partial charge in [0.25, 0.3) is 0 Å². The Morgan fingerprint density at radius 2 is 1.28 bits per heavy atom. The molecule has 7 aliphatic carbocycles. The first-order chi connectivity index (χ1) is 14.3. The molecule has 0 saturated heterocycles. The van der Waals surface area contributed by atoms with Crippen molar-refractivity contribution in [1.82, 2.24) is 0 Å². The lowest BCUT2D eigenvalue weighted by Gasteiger charge is -2.28. The van der Waals surface area contributed by atoms with E-state index in [2.05, 4.69) is 12.2 Å². The highest BCUT2D eigenvalue weighted by molar-refractivity contribution is 5.96. The molecular formula is C25H24O4. The van der Waals surface area contributed by atoms with Crippen LogP contribution in [0.3, 0.4) is 0 Å². The van der Waals surface area contributed by atoms with Gasteiger partial charge in [0, 0.05) is 23.7 Å². The summed E-state index contributed by atoms with van der Waals surface area (Å²) in [7, 11) is 0. The number of hydrogen-bond acceptors (Lipinski definition) is 4.